The number of carboxylic acids is 2. The van der Waals surface area contributed by atoms with Crippen LogP contribution in [0.1, 0.15) is 44.8 Å². The number of carboxylic acid groups (broad SMARTS) is 2. The molecule has 0 spiro atoms. The Morgan fingerprint density at radius 2 is 1.68 bits per heavy atom. The molecule has 5 heteroatoms. The molecule has 1 aromatic heterocycles. The SMILES string of the molecule is C=C(CCCCC)C(=O)O.C=C(CCc1ccco1)C(=O)O. The molecule has 1 rings (SSSR count). The molecule has 22 heavy (non-hydrogen) atoms. The van der Waals surface area contributed by atoms with Crippen molar-refractivity contribution in [2.75, 3.05) is 0 Å². The zero-order valence-corrected chi connectivity index (χ0v) is 13.0. The first-order valence-electron chi connectivity index (χ1n) is 7.23. The van der Waals surface area contributed by atoms with Crippen molar-refractivity contribution in [2.45, 2.75) is 45.4 Å². The lowest BCUT2D eigenvalue weighted by Gasteiger charge is -1.97. The molecule has 2 N–H and O–H groups in total. The predicted molar refractivity (Wildman–Crippen MR) is 84.7 cm³/mol. The lowest BCUT2D eigenvalue weighted by molar-refractivity contribution is -0.133. The summed E-state index contributed by atoms with van der Waals surface area (Å²) in [4.78, 5) is 20.5. The Kier molecular flexibility index (Phi) is 10.2. The second-order valence-electron chi connectivity index (χ2n) is 4.85. The van der Waals surface area contributed by atoms with Crippen LogP contribution >= 0.6 is 0 Å². The van der Waals surface area contributed by atoms with E-state index in [0.717, 1.165) is 25.0 Å². The van der Waals surface area contributed by atoms with Gasteiger partial charge in [-0.1, -0.05) is 32.9 Å². The Labute approximate surface area is 131 Å². The molecule has 0 aliphatic heterocycles. The summed E-state index contributed by atoms with van der Waals surface area (Å²) in [5.74, 6) is -1.02. The summed E-state index contributed by atoms with van der Waals surface area (Å²) in [6.07, 6.45) is 6.38. The van der Waals surface area contributed by atoms with E-state index in [-0.39, 0.29) is 5.57 Å². The molecule has 0 saturated carbocycles. The van der Waals surface area contributed by atoms with Gasteiger partial charge in [0.1, 0.15) is 5.76 Å². The Morgan fingerprint density at radius 3 is 2.14 bits per heavy atom. The van der Waals surface area contributed by atoms with Gasteiger partial charge in [0.2, 0.25) is 0 Å². The van der Waals surface area contributed by atoms with Crippen LogP contribution in [0.5, 0.6) is 0 Å². The minimum atomic E-state index is -0.943. The lowest BCUT2D eigenvalue weighted by atomic mass is 10.1. The Bertz CT molecular complexity index is 485. The van der Waals surface area contributed by atoms with Crippen molar-refractivity contribution < 1.29 is 24.2 Å². The molecule has 1 aromatic rings. The molecule has 0 unspecified atom stereocenters. The summed E-state index contributed by atoms with van der Waals surface area (Å²) in [5, 5.41) is 16.9. The monoisotopic (exact) mass is 308 g/mol. The number of furan rings is 1. The van der Waals surface area contributed by atoms with Gasteiger partial charge in [-0.25, -0.2) is 9.59 Å². The largest absolute Gasteiger partial charge is 0.478 e. The fourth-order valence-electron chi connectivity index (χ4n) is 1.53. The van der Waals surface area contributed by atoms with Gasteiger partial charge in [-0.3, -0.25) is 0 Å². The number of carbonyl (C=O) groups is 2. The van der Waals surface area contributed by atoms with Gasteiger partial charge >= 0.3 is 11.9 Å². The average Bonchev–Trinajstić information content (AvgIpc) is 2.98. The van der Waals surface area contributed by atoms with Gasteiger partial charge in [0.05, 0.1) is 6.26 Å². The Morgan fingerprint density at radius 1 is 1.09 bits per heavy atom. The highest BCUT2D eigenvalue weighted by Crippen LogP contribution is 2.08. The van der Waals surface area contributed by atoms with Crippen molar-refractivity contribution in [3.8, 4) is 0 Å². The van der Waals surface area contributed by atoms with Crippen molar-refractivity contribution in [2.24, 2.45) is 0 Å². The lowest BCUT2D eigenvalue weighted by Crippen LogP contribution is -1.99. The van der Waals surface area contributed by atoms with E-state index in [1.54, 1.807) is 12.3 Å². The van der Waals surface area contributed by atoms with Gasteiger partial charge in [0, 0.05) is 17.6 Å². The van der Waals surface area contributed by atoms with Crippen LogP contribution in [0, 0.1) is 0 Å². The van der Waals surface area contributed by atoms with E-state index in [0.29, 0.717) is 24.8 Å². The number of hydrogen-bond acceptors (Lipinski definition) is 3. The number of aliphatic carboxylic acids is 2. The van der Waals surface area contributed by atoms with Gasteiger partial charge in [-0.15, -0.1) is 0 Å². The van der Waals surface area contributed by atoms with Gasteiger partial charge in [0.25, 0.3) is 0 Å². The third-order valence-electron chi connectivity index (χ3n) is 2.94. The van der Waals surface area contributed by atoms with Crippen LogP contribution in [0.2, 0.25) is 0 Å². The van der Waals surface area contributed by atoms with Crippen molar-refractivity contribution in [1.82, 2.24) is 0 Å². The molecule has 122 valence electrons. The van der Waals surface area contributed by atoms with E-state index in [9.17, 15) is 9.59 Å². The zero-order valence-electron chi connectivity index (χ0n) is 13.0. The van der Waals surface area contributed by atoms with Crippen LogP contribution in [0.3, 0.4) is 0 Å². The standard InChI is InChI=1S/C9H10O3.C8H14O2/c1-7(9(10)11)4-5-8-3-2-6-12-8;1-3-4-5-6-7(2)8(9)10/h2-3,6H,1,4-5H2,(H,10,11);2-6H2,1H3,(H,9,10). The van der Waals surface area contributed by atoms with Crippen LogP contribution < -0.4 is 0 Å². The fourth-order valence-corrected chi connectivity index (χ4v) is 1.53. The Hall–Kier alpha value is -2.30. The normalized spacial score (nSPS) is 9.50. The summed E-state index contributed by atoms with van der Waals surface area (Å²) >= 11 is 0. The number of unbranched alkanes of at least 4 members (excludes halogenated alkanes) is 2. The van der Waals surface area contributed by atoms with Crippen LogP contribution in [-0.4, -0.2) is 22.2 Å². The molecule has 0 aliphatic carbocycles. The number of rotatable bonds is 9. The Balaban J connectivity index is 0.000000409. The molecule has 0 amide bonds. The first kappa shape index (κ1) is 19.7. The van der Waals surface area contributed by atoms with E-state index < -0.39 is 11.9 Å². The van der Waals surface area contributed by atoms with E-state index in [2.05, 4.69) is 20.1 Å². The van der Waals surface area contributed by atoms with Crippen LogP contribution in [0.4, 0.5) is 0 Å². The molecule has 0 radical (unpaired) electrons. The summed E-state index contributed by atoms with van der Waals surface area (Å²) in [6.45, 7) is 8.93. The zero-order chi connectivity index (χ0) is 17.0. The predicted octanol–water partition coefficient (Wildman–Crippen LogP) is 4.06. The molecule has 0 fully saturated rings. The molecule has 0 bridgehead atoms. The molecular formula is C17H24O5. The maximum Gasteiger partial charge on any atom is 0.330 e. The summed E-state index contributed by atoms with van der Waals surface area (Å²) < 4.78 is 5.03. The molecule has 0 saturated heterocycles. The first-order chi connectivity index (χ1) is 10.4. The second kappa shape index (κ2) is 11.4. The molecule has 5 nitrogen and oxygen atoms in total. The van der Waals surface area contributed by atoms with Crippen molar-refractivity contribution in [3.63, 3.8) is 0 Å². The topological polar surface area (TPSA) is 87.7 Å². The van der Waals surface area contributed by atoms with E-state index in [1.165, 1.54) is 0 Å². The minimum Gasteiger partial charge on any atom is -0.478 e. The third-order valence-corrected chi connectivity index (χ3v) is 2.94. The smallest absolute Gasteiger partial charge is 0.330 e. The molecule has 0 aliphatic rings. The van der Waals surface area contributed by atoms with Gasteiger partial charge < -0.3 is 14.6 Å². The molecule has 1 heterocycles. The number of hydrogen-bond donors (Lipinski definition) is 2. The van der Waals surface area contributed by atoms with E-state index in [4.69, 9.17) is 14.6 Å². The maximum atomic E-state index is 10.3. The molecule has 0 atom stereocenters. The second-order valence-corrected chi connectivity index (χ2v) is 4.85. The van der Waals surface area contributed by atoms with Gasteiger partial charge in [-0.2, -0.15) is 0 Å². The summed E-state index contributed by atoms with van der Waals surface area (Å²) in [6, 6.07) is 3.59. The number of aryl methyl sites for hydroxylation is 1. The van der Waals surface area contributed by atoms with E-state index >= 15 is 0 Å². The van der Waals surface area contributed by atoms with Crippen molar-refractivity contribution in [3.05, 3.63) is 48.5 Å². The van der Waals surface area contributed by atoms with Crippen LogP contribution in [-0.2, 0) is 16.0 Å². The fraction of sp³-hybridized carbons (Fsp3) is 0.412. The first-order valence-corrected chi connectivity index (χ1v) is 7.23. The van der Waals surface area contributed by atoms with Gasteiger partial charge in [-0.05, 0) is 31.4 Å². The van der Waals surface area contributed by atoms with Crippen molar-refractivity contribution in [1.29, 1.82) is 0 Å². The maximum absolute atomic E-state index is 10.3. The quantitative estimate of drug-likeness (QED) is 0.530. The highest BCUT2D eigenvalue weighted by molar-refractivity contribution is 5.86. The average molecular weight is 308 g/mol. The summed E-state index contributed by atoms with van der Waals surface area (Å²) in [7, 11) is 0. The van der Waals surface area contributed by atoms with Crippen LogP contribution in [0.15, 0.2) is 47.1 Å². The van der Waals surface area contributed by atoms with Gasteiger partial charge in [0.15, 0.2) is 0 Å². The van der Waals surface area contributed by atoms with Crippen molar-refractivity contribution >= 4 is 11.9 Å². The molecular weight excluding hydrogens is 284 g/mol. The third kappa shape index (κ3) is 9.58. The molecule has 0 aromatic carbocycles. The minimum absolute atomic E-state index is 0.214. The van der Waals surface area contributed by atoms with E-state index in [1.807, 2.05) is 6.07 Å². The summed E-state index contributed by atoms with van der Waals surface area (Å²) in [5.41, 5.74) is 0.542. The highest BCUT2D eigenvalue weighted by atomic mass is 16.4. The highest BCUT2D eigenvalue weighted by Gasteiger charge is 2.04. The van der Waals surface area contributed by atoms with Crippen LogP contribution in [0.25, 0.3) is 0 Å².